The zero-order valence-electron chi connectivity index (χ0n) is 20.6. The largest absolute Gasteiger partial charge is 0.345 e. The Morgan fingerprint density at radius 3 is 2.19 bits per heavy atom. The van der Waals surface area contributed by atoms with Gasteiger partial charge in [-0.3, -0.25) is 0 Å². The van der Waals surface area contributed by atoms with Crippen molar-refractivity contribution in [1.29, 1.82) is 0 Å². The Morgan fingerprint density at radius 2 is 1.45 bits per heavy atom. The van der Waals surface area contributed by atoms with Crippen LogP contribution < -0.4 is 0 Å². The van der Waals surface area contributed by atoms with E-state index >= 15 is 0 Å². The van der Waals surface area contributed by atoms with Crippen LogP contribution in [0.2, 0.25) is 0 Å². The molecule has 0 aromatic rings. The lowest BCUT2D eigenvalue weighted by atomic mass is 9.43. The number of ether oxygens (including phenoxy) is 4. The molecule has 0 amide bonds. The number of hydrogen-bond donors (Lipinski definition) is 0. The van der Waals surface area contributed by atoms with Crippen molar-refractivity contribution < 1.29 is 18.9 Å². The van der Waals surface area contributed by atoms with Crippen molar-refractivity contribution in [2.75, 3.05) is 0 Å². The van der Waals surface area contributed by atoms with Crippen LogP contribution in [-0.2, 0) is 18.9 Å². The normalized spacial score (nSPS) is 57.7. The van der Waals surface area contributed by atoms with Crippen LogP contribution in [0.1, 0.15) is 87.0 Å². The smallest absolute Gasteiger partial charge is 0.163 e. The molecule has 4 unspecified atom stereocenters. The summed E-state index contributed by atoms with van der Waals surface area (Å²) in [6.45, 7) is 15.8. The second-order valence-electron chi connectivity index (χ2n) is 12.9. The molecule has 2 saturated heterocycles. The first kappa shape index (κ1) is 21.1. The maximum atomic E-state index is 6.78. The Bertz CT molecular complexity index is 801. The first-order chi connectivity index (χ1) is 14.5. The molecule has 31 heavy (non-hydrogen) atoms. The molecule has 2 aliphatic heterocycles. The molecular weight excluding hydrogens is 388 g/mol. The second kappa shape index (κ2) is 6.37. The monoisotopic (exact) mass is 430 g/mol. The van der Waals surface area contributed by atoms with E-state index in [-0.39, 0.29) is 29.8 Å². The highest BCUT2D eigenvalue weighted by Gasteiger charge is 2.69. The van der Waals surface area contributed by atoms with Gasteiger partial charge in [0.1, 0.15) is 0 Å². The van der Waals surface area contributed by atoms with E-state index in [9.17, 15) is 0 Å². The lowest BCUT2D eigenvalue weighted by molar-refractivity contribution is -0.190. The van der Waals surface area contributed by atoms with Crippen LogP contribution in [0, 0.1) is 34.5 Å². The number of hydrogen-bond acceptors (Lipinski definition) is 4. The molecule has 6 aliphatic rings. The van der Waals surface area contributed by atoms with E-state index in [1.54, 1.807) is 5.57 Å². The molecule has 6 fully saturated rings. The Hall–Kier alpha value is -0.420. The number of fused-ring (bicyclic) bond motifs is 9. The highest BCUT2D eigenvalue weighted by molar-refractivity contribution is 5.26. The SMILES string of the molecule is C/C=C1/CCC2C3C(CC[C@]12C)[C@@]1(C)C[C@H]2OC(C)(C)O[C@@H]2CC1[C@H]1OC(C)(C)O[C@H]31. The van der Waals surface area contributed by atoms with E-state index in [2.05, 4.69) is 54.5 Å². The highest BCUT2D eigenvalue weighted by Crippen LogP contribution is 2.70. The predicted octanol–water partition coefficient (Wildman–Crippen LogP) is 5.85. The van der Waals surface area contributed by atoms with Crippen molar-refractivity contribution in [3.05, 3.63) is 11.6 Å². The summed E-state index contributed by atoms with van der Waals surface area (Å²) >= 11 is 0. The standard InChI is InChI=1S/C27H42O4/c1-8-15-9-10-16-21-17(11-12-26(15,16)6)27(7)14-20-19(28-24(2,3)29-20)13-18(27)22-23(21)31-25(4,5)30-22/h8,16-23H,9-14H2,1-7H3/b15-8-/t16?,17?,18?,19-,20-,21?,22-,23-,26-,27-/m1/s1. The van der Waals surface area contributed by atoms with Crippen LogP contribution in [0.4, 0.5) is 0 Å². The zero-order chi connectivity index (χ0) is 22.0. The maximum absolute atomic E-state index is 6.78. The van der Waals surface area contributed by atoms with Gasteiger partial charge in [-0.25, -0.2) is 0 Å². The summed E-state index contributed by atoms with van der Waals surface area (Å²) in [7, 11) is 0. The molecule has 0 radical (unpaired) electrons. The molecule has 174 valence electrons. The molecule has 4 aliphatic carbocycles. The Morgan fingerprint density at radius 1 is 0.774 bits per heavy atom. The summed E-state index contributed by atoms with van der Waals surface area (Å²) in [5.41, 5.74) is 2.25. The molecule has 4 heteroatoms. The average molecular weight is 431 g/mol. The average Bonchev–Trinajstić information content (AvgIpc) is 3.27. The molecule has 0 N–H and O–H groups in total. The van der Waals surface area contributed by atoms with Crippen LogP contribution >= 0.6 is 0 Å². The van der Waals surface area contributed by atoms with Gasteiger partial charge in [0.25, 0.3) is 0 Å². The predicted molar refractivity (Wildman–Crippen MR) is 119 cm³/mol. The van der Waals surface area contributed by atoms with E-state index in [4.69, 9.17) is 18.9 Å². The maximum Gasteiger partial charge on any atom is 0.163 e. The molecule has 0 bridgehead atoms. The van der Waals surface area contributed by atoms with Crippen molar-refractivity contribution in [1.82, 2.24) is 0 Å². The summed E-state index contributed by atoms with van der Waals surface area (Å²) in [4.78, 5) is 0. The Balaban J connectivity index is 1.42. The topological polar surface area (TPSA) is 36.9 Å². The molecular formula is C27H42O4. The van der Waals surface area contributed by atoms with Crippen LogP contribution in [0.3, 0.4) is 0 Å². The third-order valence-corrected chi connectivity index (χ3v) is 10.6. The van der Waals surface area contributed by atoms with E-state index in [0.29, 0.717) is 29.1 Å². The molecule has 0 aromatic heterocycles. The van der Waals surface area contributed by atoms with Crippen molar-refractivity contribution >= 4 is 0 Å². The minimum absolute atomic E-state index is 0.173. The second-order valence-corrected chi connectivity index (χ2v) is 12.9. The van der Waals surface area contributed by atoms with Crippen LogP contribution in [-0.4, -0.2) is 36.0 Å². The van der Waals surface area contributed by atoms with Crippen molar-refractivity contribution in [2.24, 2.45) is 34.5 Å². The lowest BCUT2D eigenvalue weighted by Gasteiger charge is -2.63. The fourth-order valence-corrected chi connectivity index (χ4v) is 9.49. The van der Waals surface area contributed by atoms with Crippen molar-refractivity contribution in [3.8, 4) is 0 Å². The lowest BCUT2D eigenvalue weighted by Crippen LogP contribution is -2.64. The zero-order valence-corrected chi connectivity index (χ0v) is 20.6. The van der Waals surface area contributed by atoms with E-state index in [1.807, 2.05) is 0 Å². The summed E-state index contributed by atoms with van der Waals surface area (Å²) in [6, 6.07) is 0. The quantitative estimate of drug-likeness (QED) is 0.452. The Labute approximate surface area is 188 Å². The van der Waals surface area contributed by atoms with Crippen molar-refractivity contribution in [3.63, 3.8) is 0 Å². The van der Waals surface area contributed by atoms with Gasteiger partial charge < -0.3 is 18.9 Å². The molecule has 10 atom stereocenters. The first-order valence-electron chi connectivity index (χ1n) is 12.8. The molecule has 4 nitrogen and oxygen atoms in total. The first-order valence-corrected chi connectivity index (χ1v) is 12.8. The van der Waals surface area contributed by atoms with E-state index < -0.39 is 11.6 Å². The van der Waals surface area contributed by atoms with Gasteiger partial charge in [0.15, 0.2) is 11.6 Å². The van der Waals surface area contributed by atoms with Gasteiger partial charge in [-0.1, -0.05) is 25.5 Å². The summed E-state index contributed by atoms with van der Waals surface area (Å²) in [6.07, 6.45) is 10.5. The fourth-order valence-electron chi connectivity index (χ4n) is 9.49. The summed E-state index contributed by atoms with van der Waals surface area (Å²) in [5, 5.41) is 0. The van der Waals surface area contributed by atoms with Crippen molar-refractivity contribution in [2.45, 2.75) is 123 Å². The minimum atomic E-state index is -0.496. The van der Waals surface area contributed by atoms with Gasteiger partial charge in [-0.15, -0.1) is 0 Å². The Kier molecular flexibility index (Phi) is 4.34. The van der Waals surface area contributed by atoms with Gasteiger partial charge in [0, 0.05) is 0 Å². The van der Waals surface area contributed by atoms with E-state index in [0.717, 1.165) is 12.8 Å². The van der Waals surface area contributed by atoms with Crippen LogP contribution in [0.5, 0.6) is 0 Å². The van der Waals surface area contributed by atoms with Gasteiger partial charge in [-0.05, 0) is 108 Å². The van der Waals surface area contributed by atoms with Gasteiger partial charge >= 0.3 is 0 Å². The number of rotatable bonds is 0. The minimum Gasteiger partial charge on any atom is -0.345 e. The molecule has 4 saturated carbocycles. The molecule has 0 spiro atoms. The fraction of sp³-hybridized carbons (Fsp3) is 0.926. The van der Waals surface area contributed by atoms with Gasteiger partial charge in [-0.2, -0.15) is 0 Å². The molecule has 6 rings (SSSR count). The van der Waals surface area contributed by atoms with E-state index in [1.165, 1.54) is 25.7 Å². The third kappa shape index (κ3) is 2.80. The third-order valence-electron chi connectivity index (χ3n) is 10.6. The summed E-state index contributed by atoms with van der Waals surface area (Å²) < 4.78 is 26.3. The molecule has 2 heterocycles. The van der Waals surface area contributed by atoms with Crippen LogP contribution in [0.15, 0.2) is 11.6 Å². The van der Waals surface area contributed by atoms with Crippen LogP contribution in [0.25, 0.3) is 0 Å². The summed E-state index contributed by atoms with van der Waals surface area (Å²) in [5.74, 6) is 1.47. The van der Waals surface area contributed by atoms with Gasteiger partial charge in [0.2, 0.25) is 0 Å². The number of allylic oxidation sites excluding steroid dienone is 2. The van der Waals surface area contributed by atoms with Gasteiger partial charge in [0.05, 0.1) is 24.4 Å². The molecule has 0 aromatic carbocycles. The highest BCUT2D eigenvalue weighted by atomic mass is 16.8.